The lowest BCUT2D eigenvalue weighted by atomic mass is 9.95. The van der Waals surface area contributed by atoms with Crippen LogP contribution in [-0.2, 0) is 89.6 Å². The third kappa shape index (κ3) is 34.6. The number of carbonyl (C=O) groups excluding carboxylic acids is 14. The number of hydrogen-bond donors (Lipinski definition) is 22. The number of primary amides is 1. The zero-order valence-electron chi connectivity index (χ0n) is 68.6. The number of para-hydroxylation sites is 1. The molecule has 0 aliphatic rings. The van der Waals surface area contributed by atoms with Crippen molar-refractivity contribution in [2.45, 2.75) is 251 Å². The lowest BCUT2D eigenvalue weighted by Crippen LogP contribution is -2.62. The highest BCUT2D eigenvalue weighted by molar-refractivity contribution is 6.01. The van der Waals surface area contributed by atoms with Gasteiger partial charge in [0, 0.05) is 49.2 Å². The van der Waals surface area contributed by atoms with Gasteiger partial charge in [0.1, 0.15) is 78.5 Å². The number of nitrogens with two attached hydrogens (primary N) is 4. The van der Waals surface area contributed by atoms with Gasteiger partial charge in [0.15, 0.2) is 0 Å². The molecule has 652 valence electrons. The average molecular weight is 1650 g/mol. The topological polar surface area (TPSA) is 630 Å². The van der Waals surface area contributed by atoms with Crippen molar-refractivity contribution < 1.29 is 97.1 Å². The Balaban J connectivity index is 1.94. The first-order valence-electron chi connectivity index (χ1n) is 40.0. The van der Waals surface area contributed by atoms with E-state index in [0.29, 0.717) is 40.8 Å². The molecule has 1 heterocycles. The lowest BCUT2D eigenvalue weighted by Gasteiger charge is -2.30. The summed E-state index contributed by atoms with van der Waals surface area (Å²) in [6, 6.07) is -5.27. The van der Waals surface area contributed by atoms with Gasteiger partial charge in [-0.3, -0.25) is 71.9 Å². The molecule has 0 aliphatic carbocycles. The second kappa shape index (κ2) is 52.1. The number of aromatic amines is 1. The number of H-pyrrole nitrogens is 1. The molecule has 3 aromatic rings. The van der Waals surface area contributed by atoms with Crippen LogP contribution in [0.5, 0.6) is 0 Å². The number of benzene rings is 2. The first kappa shape index (κ1) is 100. The molecule has 0 fully saturated rings. The van der Waals surface area contributed by atoms with Gasteiger partial charge in [-0.25, -0.2) is 4.79 Å². The van der Waals surface area contributed by atoms with E-state index in [0.717, 1.165) is 19.3 Å². The number of aliphatic hydroxyl groups is 2. The number of carboxylic acids is 2. The monoisotopic (exact) mass is 1650 g/mol. The molecule has 0 saturated carbocycles. The number of carboxylic acid groups (broad SMARTS) is 2. The summed E-state index contributed by atoms with van der Waals surface area (Å²) >= 11 is 0. The standard InChI is InChI=1S/C79H126N18O20/c1-11-45(9)21-16-19-27-61(101)94-63(42(3)4)75(112)88-54(33-36-82)70(107)95-64(43(5)6)76(113)93-59(41-99)74(111)91-57(38-48-39-84-50-25-18-17-24-49(48)50)72(109)92-58(40-98)73(110)86-51(28-30-60(83)100)67(104)87-53(32-35-81)68(105)90-56(37-47-22-14-13-15-23-47)71(108)85-52(29-31-62(102)103)69(106)96-65(44(7)8)77(114)97-66(46(10)12-2)78(115)89-55(79(116)117)26-20-34-80/h13-15,17-18,22-25,39,42-46,51-59,63-66,84,98-99H,11-12,16,19-21,26-38,40-41,80-82H2,1-10H3,(H2,83,100)(H,85,108)(H,86,110)(H,87,104)(H,88,112)(H,89,115)(H,90,105)(H,91,111)(H,92,109)(H,93,113)(H,94,101)(H,95,107)(H,96,106)(H,97,114)(H,102,103)(H,116,117)/t45-,46+,51-,52-,53+,54+,55-,56-,57+,58-,59+,63-,64+,65+,66+/m0/s1. The van der Waals surface area contributed by atoms with Crippen LogP contribution in [0.2, 0.25) is 0 Å². The van der Waals surface area contributed by atoms with Gasteiger partial charge in [-0.05, 0) is 111 Å². The smallest absolute Gasteiger partial charge is 0.326 e. The Morgan fingerprint density at radius 3 is 1.23 bits per heavy atom. The minimum Gasteiger partial charge on any atom is -0.481 e. The third-order valence-corrected chi connectivity index (χ3v) is 20.0. The highest BCUT2D eigenvalue weighted by atomic mass is 16.4. The summed E-state index contributed by atoms with van der Waals surface area (Å²) in [7, 11) is 0. The molecule has 0 radical (unpaired) electrons. The van der Waals surface area contributed by atoms with E-state index >= 15 is 0 Å². The zero-order valence-corrected chi connectivity index (χ0v) is 68.6. The van der Waals surface area contributed by atoms with E-state index in [1.807, 2.05) is 0 Å². The maximum atomic E-state index is 14.6. The fourth-order valence-corrected chi connectivity index (χ4v) is 12.4. The van der Waals surface area contributed by atoms with Crippen molar-refractivity contribution in [2.24, 2.45) is 52.5 Å². The number of fused-ring (bicyclic) bond motifs is 1. The molecule has 0 bridgehead atoms. The van der Waals surface area contributed by atoms with Gasteiger partial charge in [0.05, 0.1) is 13.2 Å². The Hall–Kier alpha value is -10.7. The summed E-state index contributed by atoms with van der Waals surface area (Å²) in [5, 5.41) is 74.4. The molecule has 117 heavy (non-hydrogen) atoms. The number of carbonyl (C=O) groups is 16. The Morgan fingerprint density at radius 2 is 0.769 bits per heavy atom. The summed E-state index contributed by atoms with van der Waals surface area (Å²) in [6.45, 7) is 14.7. The van der Waals surface area contributed by atoms with Gasteiger partial charge in [-0.15, -0.1) is 0 Å². The fraction of sp³-hybridized carbons (Fsp3) is 0.620. The van der Waals surface area contributed by atoms with Crippen molar-refractivity contribution in [2.75, 3.05) is 32.8 Å². The van der Waals surface area contributed by atoms with Crippen LogP contribution in [0.4, 0.5) is 0 Å². The van der Waals surface area contributed by atoms with Gasteiger partial charge < -0.3 is 117 Å². The van der Waals surface area contributed by atoms with Crippen molar-refractivity contribution in [3.8, 4) is 0 Å². The van der Waals surface area contributed by atoms with Crippen molar-refractivity contribution in [1.82, 2.24) is 74.1 Å². The number of aliphatic carboxylic acids is 2. The van der Waals surface area contributed by atoms with E-state index in [1.165, 1.54) is 6.20 Å². The highest BCUT2D eigenvalue weighted by Crippen LogP contribution is 2.21. The number of nitrogens with one attached hydrogen (secondary N) is 14. The molecule has 38 nitrogen and oxygen atoms in total. The van der Waals surface area contributed by atoms with E-state index in [-0.39, 0.29) is 70.5 Å². The maximum absolute atomic E-state index is 14.6. The van der Waals surface area contributed by atoms with Crippen molar-refractivity contribution >= 4 is 106 Å². The molecule has 2 aromatic carbocycles. The van der Waals surface area contributed by atoms with Crippen LogP contribution in [0.1, 0.15) is 170 Å². The summed E-state index contributed by atoms with van der Waals surface area (Å²) in [5.41, 5.74) is 24.4. The predicted molar refractivity (Wildman–Crippen MR) is 432 cm³/mol. The molecule has 0 saturated heterocycles. The zero-order chi connectivity index (χ0) is 87.8. The van der Waals surface area contributed by atoms with Crippen LogP contribution in [0.3, 0.4) is 0 Å². The molecular formula is C79H126N18O20. The van der Waals surface area contributed by atoms with Crippen molar-refractivity contribution in [3.63, 3.8) is 0 Å². The number of aromatic nitrogens is 1. The largest absolute Gasteiger partial charge is 0.481 e. The SMILES string of the molecule is CC[C@H](C)CCCCC(=O)N[C@H](C(=O)N[C@H](CCN)C(=O)N[C@@H](C(=O)N[C@H](CO)C(=O)N[C@H](Cc1c[nH]c2ccccc12)C(=O)N[C@@H](CO)C(=O)N[C@@H](CCC(N)=O)C(=O)N[C@H](CCN)C(=O)N[C@@H](Cc1ccccc1)C(=O)N[C@@H](CCC(=O)O)C(=O)N[C@@H](C(=O)N[C@@H](C(=O)N[C@@H](CCCN)C(=O)O)[C@H](C)CC)C(C)C)C(C)C)C(C)C. The maximum Gasteiger partial charge on any atom is 0.326 e. The molecule has 15 atom stereocenters. The molecule has 38 heteroatoms. The number of unbranched alkanes of at least 4 members (excludes halogenated alkanes) is 1. The number of amides is 14. The number of rotatable bonds is 56. The van der Waals surface area contributed by atoms with Gasteiger partial charge in [0.2, 0.25) is 82.7 Å². The molecule has 14 amide bonds. The quantitative estimate of drug-likeness (QED) is 0.0260. The molecule has 1 aromatic heterocycles. The lowest BCUT2D eigenvalue weighted by molar-refractivity contribution is -0.143. The second-order valence-electron chi connectivity index (χ2n) is 30.4. The Kier molecular flexibility index (Phi) is 44.7. The van der Waals surface area contributed by atoms with E-state index in [9.17, 15) is 97.1 Å². The van der Waals surface area contributed by atoms with Crippen LogP contribution in [0.25, 0.3) is 10.9 Å². The summed E-state index contributed by atoms with van der Waals surface area (Å²) < 4.78 is 0. The van der Waals surface area contributed by atoms with E-state index < -0.39 is 230 Å². The van der Waals surface area contributed by atoms with Gasteiger partial charge >= 0.3 is 11.9 Å². The normalized spacial score (nSPS) is 15.2. The molecule has 0 unspecified atom stereocenters. The summed E-state index contributed by atoms with van der Waals surface area (Å²) in [6.07, 6.45) is 2.15. The van der Waals surface area contributed by atoms with Crippen molar-refractivity contribution in [1.29, 1.82) is 0 Å². The van der Waals surface area contributed by atoms with Crippen LogP contribution in [0, 0.1) is 29.6 Å². The predicted octanol–water partition coefficient (Wildman–Crippen LogP) is -2.49. The van der Waals surface area contributed by atoms with E-state index in [2.05, 4.69) is 87.9 Å². The minimum atomic E-state index is -1.97. The van der Waals surface area contributed by atoms with Crippen molar-refractivity contribution in [3.05, 3.63) is 71.9 Å². The highest BCUT2D eigenvalue weighted by Gasteiger charge is 2.40. The second-order valence-corrected chi connectivity index (χ2v) is 30.4. The number of hydrogen-bond acceptors (Lipinski definition) is 21. The number of aliphatic hydroxyl groups excluding tert-OH is 2. The van der Waals surface area contributed by atoms with Gasteiger partial charge in [-0.2, -0.15) is 0 Å². The summed E-state index contributed by atoms with van der Waals surface area (Å²) in [5.74, 6) is -18.1. The minimum absolute atomic E-state index is 0.00745. The summed E-state index contributed by atoms with van der Waals surface area (Å²) in [4.78, 5) is 224. The van der Waals surface area contributed by atoms with Crippen LogP contribution >= 0.6 is 0 Å². The molecule has 26 N–H and O–H groups in total. The molecule has 0 aliphatic heterocycles. The molecular weight excluding hydrogens is 1520 g/mol. The molecule has 0 spiro atoms. The van der Waals surface area contributed by atoms with Gasteiger partial charge in [0.25, 0.3) is 0 Å². The average Bonchev–Trinajstić information content (AvgIpc) is 1.71. The molecule has 3 rings (SSSR count). The fourth-order valence-electron chi connectivity index (χ4n) is 12.4. The van der Waals surface area contributed by atoms with Crippen LogP contribution in [0.15, 0.2) is 60.8 Å². The Morgan fingerprint density at radius 1 is 0.376 bits per heavy atom. The Bertz CT molecular complexity index is 3790. The van der Waals surface area contributed by atoms with E-state index in [4.69, 9.17) is 22.9 Å². The van der Waals surface area contributed by atoms with E-state index in [1.54, 1.807) is 110 Å². The first-order chi connectivity index (χ1) is 55.4. The van der Waals surface area contributed by atoms with Crippen LogP contribution in [-0.4, -0.2) is 231 Å². The Labute approximate surface area is 681 Å². The van der Waals surface area contributed by atoms with Crippen LogP contribution < -0.4 is 92.1 Å². The third-order valence-electron chi connectivity index (χ3n) is 20.0. The van der Waals surface area contributed by atoms with Gasteiger partial charge in [-0.1, -0.05) is 143 Å². The first-order valence-corrected chi connectivity index (χ1v) is 40.0.